The minimum atomic E-state index is -2.89. The van der Waals surface area contributed by atoms with Crippen molar-refractivity contribution in [1.82, 2.24) is 9.88 Å². The third-order valence-electron chi connectivity index (χ3n) is 4.75. The van der Waals surface area contributed by atoms with Crippen molar-refractivity contribution in [1.29, 1.82) is 0 Å². The molecule has 1 unspecified atom stereocenters. The van der Waals surface area contributed by atoms with Crippen molar-refractivity contribution in [3.63, 3.8) is 0 Å². The summed E-state index contributed by atoms with van der Waals surface area (Å²) in [6.45, 7) is 1.28. The Morgan fingerprint density at radius 3 is 2.73 bits per heavy atom. The lowest BCUT2D eigenvalue weighted by Crippen LogP contribution is -2.37. The molecule has 1 aliphatic heterocycles. The molecule has 1 saturated carbocycles. The normalized spacial score (nSPS) is 25.3. The lowest BCUT2D eigenvalue weighted by Gasteiger charge is -2.26. The molecule has 1 saturated heterocycles. The first kappa shape index (κ1) is 16.4. The van der Waals surface area contributed by atoms with Gasteiger partial charge >= 0.3 is 0 Å². The Hall–Kier alpha value is -0.500. The van der Waals surface area contributed by atoms with E-state index >= 15 is 0 Å². The second kappa shape index (κ2) is 6.95. The van der Waals surface area contributed by atoms with Crippen molar-refractivity contribution in [3.8, 4) is 0 Å². The van der Waals surface area contributed by atoms with Crippen LogP contribution in [0.3, 0.4) is 0 Å². The van der Waals surface area contributed by atoms with Gasteiger partial charge in [0, 0.05) is 36.1 Å². The van der Waals surface area contributed by atoms with E-state index in [2.05, 4.69) is 9.88 Å². The second-order valence-electron chi connectivity index (χ2n) is 6.40. The number of sulfone groups is 1. The summed E-state index contributed by atoms with van der Waals surface area (Å²) in [6.07, 6.45) is 7.71. The van der Waals surface area contributed by atoms with Gasteiger partial charge in [0.25, 0.3) is 0 Å². The monoisotopic (exact) mass is 344 g/mol. The number of hydrogen-bond acceptors (Lipinski definition) is 6. The van der Waals surface area contributed by atoms with Crippen LogP contribution >= 0.6 is 11.3 Å². The second-order valence-corrected chi connectivity index (χ2v) is 9.77. The van der Waals surface area contributed by atoms with Gasteiger partial charge in [0.05, 0.1) is 23.1 Å². The molecule has 1 aromatic heterocycles. The molecule has 124 valence electrons. The predicted octanol–water partition coefficient (Wildman–Crippen LogP) is 1.78. The highest BCUT2D eigenvalue weighted by Crippen LogP contribution is 2.36. The molecule has 22 heavy (non-hydrogen) atoms. The Morgan fingerprint density at radius 2 is 2.09 bits per heavy atom. The third-order valence-corrected chi connectivity index (χ3v) is 7.64. The van der Waals surface area contributed by atoms with E-state index in [0.29, 0.717) is 25.4 Å². The molecule has 1 aliphatic carbocycles. The summed E-state index contributed by atoms with van der Waals surface area (Å²) in [5, 5.41) is 10.5. The van der Waals surface area contributed by atoms with Crippen LogP contribution in [0.5, 0.6) is 0 Å². The Bertz CT molecular complexity index is 594. The topological polar surface area (TPSA) is 70.5 Å². The van der Waals surface area contributed by atoms with Crippen molar-refractivity contribution in [2.75, 3.05) is 24.7 Å². The number of aliphatic hydroxyl groups is 1. The zero-order valence-corrected chi connectivity index (χ0v) is 14.4. The van der Waals surface area contributed by atoms with Crippen molar-refractivity contribution in [2.24, 2.45) is 0 Å². The summed E-state index contributed by atoms with van der Waals surface area (Å²) in [6, 6.07) is 0.0363. The molecule has 1 aromatic rings. The van der Waals surface area contributed by atoms with Crippen LogP contribution in [-0.4, -0.2) is 54.1 Å². The summed E-state index contributed by atoms with van der Waals surface area (Å²) < 4.78 is 23.4. The molecular formula is C15H24N2O3S2. The maximum atomic E-state index is 11.7. The predicted molar refractivity (Wildman–Crippen MR) is 87.9 cm³/mol. The number of rotatable bonds is 6. The van der Waals surface area contributed by atoms with Crippen LogP contribution in [0, 0.1) is 0 Å². The number of hydrogen-bond donors (Lipinski definition) is 1. The van der Waals surface area contributed by atoms with E-state index in [1.165, 1.54) is 35.6 Å². The lowest BCUT2D eigenvalue weighted by atomic mass is 10.1. The highest BCUT2D eigenvalue weighted by molar-refractivity contribution is 7.91. The Labute approximate surface area is 136 Å². The van der Waals surface area contributed by atoms with Gasteiger partial charge in [0.15, 0.2) is 9.84 Å². The van der Waals surface area contributed by atoms with Gasteiger partial charge in [-0.05, 0) is 19.3 Å². The maximum Gasteiger partial charge on any atom is 0.151 e. The molecule has 1 atom stereocenters. The minimum absolute atomic E-state index is 0.0363. The first-order chi connectivity index (χ1) is 10.6. The molecule has 5 nitrogen and oxygen atoms in total. The molecule has 3 rings (SSSR count). The van der Waals surface area contributed by atoms with E-state index in [-0.39, 0.29) is 24.2 Å². The molecule has 0 radical (unpaired) electrons. The zero-order valence-electron chi connectivity index (χ0n) is 12.8. The first-order valence-electron chi connectivity index (χ1n) is 8.07. The SMILES string of the molecule is O=S1(=O)CCC(N(CCO)Cc2cnc(C3CCCC3)s2)C1. The van der Waals surface area contributed by atoms with E-state index in [1.54, 1.807) is 11.3 Å². The lowest BCUT2D eigenvalue weighted by molar-refractivity contribution is 0.155. The third kappa shape index (κ3) is 3.88. The van der Waals surface area contributed by atoms with E-state index in [4.69, 9.17) is 0 Å². The summed E-state index contributed by atoms with van der Waals surface area (Å²) in [4.78, 5) is 7.87. The number of aliphatic hydroxyl groups excluding tert-OH is 1. The molecule has 0 bridgehead atoms. The van der Waals surface area contributed by atoms with Crippen molar-refractivity contribution in [2.45, 2.75) is 50.6 Å². The van der Waals surface area contributed by atoms with Crippen LogP contribution in [0.1, 0.15) is 47.9 Å². The van der Waals surface area contributed by atoms with Crippen LogP contribution in [0.15, 0.2) is 6.20 Å². The van der Waals surface area contributed by atoms with Crippen molar-refractivity contribution < 1.29 is 13.5 Å². The van der Waals surface area contributed by atoms with Crippen LogP contribution < -0.4 is 0 Å². The van der Waals surface area contributed by atoms with Gasteiger partial charge in [-0.3, -0.25) is 4.90 Å². The molecular weight excluding hydrogens is 320 g/mol. The standard InChI is InChI=1S/C15H24N2O3S2/c18-7-6-17(13-5-8-22(19,20)11-13)10-14-9-16-15(21-14)12-3-1-2-4-12/h9,12-13,18H,1-8,10-11H2. The van der Waals surface area contributed by atoms with Gasteiger partial charge in [-0.15, -0.1) is 11.3 Å². The van der Waals surface area contributed by atoms with Gasteiger partial charge in [0.2, 0.25) is 0 Å². The summed E-state index contributed by atoms with van der Waals surface area (Å²) in [5.74, 6) is 1.12. The molecule has 1 N–H and O–H groups in total. The highest BCUT2D eigenvalue weighted by Gasteiger charge is 2.32. The van der Waals surface area contributed by atoms with Crippen LogP contribution in [-0.2, 0) is 16.4 Å². The zero-order chi connectivity index (χ0) is 15.6. The average Bonchev–Trinajstić information content (AvgIpc) is 3.17. The van der Waals surface area contributed by atoms with Gasteiger partial charge in [-0.25, -0.2) is 13.4 Å². The van der Waals surface area contributed by atoms with Crippen LogP contribution in [0.25, 0.3) is 0 Å². The number of thiazole rings is 1. The molecule has 7 heteroatoms. The van der Waals surface area contributed by atoms with Gasteiger partial charge in [-0.2, -0.15) is 0 Å². The Morgan fingerprint density at radius 1 is 1.32 bits per heavy atom. The molecule has 0 amide bonds. The van der Waals surface area contributed by atoms with Crippen LogP contribution in [0.4, 0.5) is 0 Å². The summed E-state index contributed by atoms with van der Waals surface area (Å²) >= 11 is 1.76. The molecule has 2 aliphatic rings. The molecule has 2 fully saturated rings. The van der Waals surface area contributed by atoms with E-state index in [1.807, 2.05) is 6.20 Å². The highest BCUT2D eigenvalue weighted by atomic mass is 32.2. The Balaban J connectivity index is 1.66. The fourth-order valence-electron chi connectivity index (χ4n) is 3.54. The van der Waals surface area contributed by atoms with Gasteiger partial charge in [0.1, 0.15) is 0 Å². The average molecular weight is 345 g/mol. The van der Waals surface area contributed by atoms with Crippen molar-refractivity contribution in [3.05, 3.63) is 16.1 Å². The fraction of sp³-hybridized carbons (Fsp3) is 0.800. The summed E-state index contributed by atoms with van der Waals surface area (Å²) in [7, 11) is -2.89. The van der Waals surface area contributed by atoms with Gasteiger partial charge < -0.3 is 5.11 Å². The van der Waals surface area contributed by atoms with E-state index < -0.39 is 9.84 Å². The van der Waals surface area contributed by atoms with Gasteiger partial charge in [-0.1, -0.05) is 12.8 Å². The smallest absolute Gasteiger partial charge is 0.151 e. The van der Waals surface area contributed by atoms with E-state index in [9.17, 15) is 13.5 Å². The Kier molecular flexibility index (Phi) is 5.17. The molecule has 2 heterocycles. The fourth-order valence-corrected chi connectivity index (χ4v) is 6.41. The molecule has 0 spiro atoms. The number of nitrogens with zero attached hydrogens (tertiary/aromatic N) is 2. The van der Waals surface area contributed by atoms with Crippen molar-refractivity contribution >= 4 is 21.2 Å². The van der Waals surface area contributed by atoms with Crippen LogP contribution in [0.2, 0.25) is 0 Å². The summed E-state index contributed by atoms with van der Waals surface area (Å²) in [5.41, 5.74) is 0. The number of aromatic nitrogens is 1. The van der Waals surface area contributed by atoms with E-state index in [0.717, 1.165) is 0 Å². The maximum absolute atomic E-state index is 11.7. The molecule has 0 aromatic carbocycles. The largest absolute Gasteiger partial charge is 0.395 e. The first-order valence-corrected chi connectivity index (χ1v) is 10.7. The quantitative estimate of drug-likeness (QED) is 0.852. The minimum Gasteiger partial charge on any atom is -0.395 e.